The molecule has 1 rings (SSSR count). The topological polar surface area (TPSA) is 38.7 Å². The van der Waals surface area contributed by atoms with Crippen molar-refractivity contribution in [3.8, 4) is 5.75 Å². The second-order valence-electron chi connectivity index (χ2n) is 3.06. The zero-order chi connectivity index (χ0) is 11.3. The molecule has 4 heteroatoms. The number of aliphatic hydroxyl groups is 1. The fourth-order valence-electron chi connectivity index (χ4n) is 1.28. The van der Waals surface area contributed by atoms with Crippen LogP contribution >= 0.6 is 11.6 Å². The molecule has 0 aromatic heterocycles. The van der Waals surface area contributed by atoms with Crippen molar-refractivity contribution in [3.05, 3.63) is 28.8 Å². The number of halogens is 1. The highest BCUT2D eigenvalue weighted by Gasteiger charge is 2.13. The second kappa shape index (κ2) is 5.95. The summed E-state index contributed by atoms with van der Waals surface area (Å²) in [6.45, 7) is 2.69. The number of rotatable bonds is 5. The van der Waals surface area contributed by atoms with Crippen molar-refractivity contribution < 1.29 is 14.6 Å². The number of methoxy groups -OCH3 is 1. The summed E-state index contributed by atoms with van der Waals surface area (Å²) in [6, 6.07) is 5.13. The Morgan fingerprint density at radius 1 is 1.47 bits per heavy atom. The molecule has 15 heavy (non-hydrogen) atoms. The van der Waals surface area contributed by atoms with E-state index in [-0.39, 0.29) is 6.61 Å². The molecule has 0 radical (unpaired) electrons. The largest absolute Gasteiger partial charge is 0.496 e. The van der Waals surface area contributed by atoms with Crippen LogP contribution in [0.15, 0.2) is 18.2 Å². The lowest BCUT2D eigenvalue weighted by Gasteiger charge is -2.14. The molecule has 0 saturated carbocycles. The standard InChI is InChI=1S/C11H15ClO3/c1-3-15-7-10(13)9-6-8(12)4-5-11(9)14-2/h4-6,10,13H,3,7H2,1-2H3. The minimum absolute atomic E-state index is 0.243. The fraction of sp³-hybridized carbons (Fsp3) is 0.455. The number of hydrogen-bond donors (Lipinski definition) is 1. The molecule has 0 fully saturated rings. The third-order valence-electron chi connectivity index (χ3n) is 2.03. The Balaban J connectivity index is 2.85. The first-order valence-corrected chi connectivity index (χ1v) is 5.16. The van der Waals surface area contributed by atoms with E-state index in [9.17, 15) is 5.11 Å². The Kier molecular flexibility index (Phi) is 4.88. The molecule has 0 saturated heterocycles. The summed E-state index contributed by atoms with van der Waals surface area (Å²) in [5, 5.41) is 10.4. The van der Waals surface area contributed by atoms with Gasteiger partial charge in [0.2, 0.25) is 0 Å². The van der Waals surface area contributed by atoms with Gasteiger partial charge >= 0.3 is 0 Å². The van der Waals surface area contributed by atoms with Crippen LogP contribution < -0.4 is 4.74 Å². The third-order valence-corrected chi connectivity index (χ3v) is 2.27. The van der Waals surface area contributed by atoms with E-state index in [4.69, 9.17) is 21.1 Å². The van der Waals surface area contributed by atoms with Gasteiger partial charge in [0.15, 0.2) is 0 Å². The van der Waals surface area contributed by atoms with Crippen LogP contribution in [0.5, 0.6) is 5.75 Å². The Labute approximate surface area is 94.6 Å². The van der Waals surface area contributed by atoms with E-state index in [1.807, 2.05) is 6.92 Å². The van der Waals surface area contributed by atoms with Gasteiger partial charge in [0.05, 0.1) is 13.7 Å². The number of aliphatic hydroxyl groups excluding tert-OH is 1. The zero-order valence-electron chi connectivity index (χ0n) is 8.87. The van der Waals surface area contributed by atoms with E-state index in [0.29, 0.717) is 22.9 Å². The van der Waals surface area contributed by atoms with Crippen molar-refractivity contribution in [3.63, 3.8) is 0 Å². The monoisotopic (exact) mass is 230 g/mol. The van der Waals surface area contributed by atoms with Gasteiger partial charge in [-0.3, -0.25) is 0 Å². The van der Waals surface area contributed by atoms with Crippen LogP contribution in [0.1, 0.15) is 18.6 Å². The average Bonchev–Trinajstić information content (AvgIpc) is 2.25. The normalized spacial score (nSPS) is 12.5. The van der Waals surface area contributed by atoms with Crippen molar-refractivity contribution in [2.45, 2.75) is 13.0 Å². The molecule has 0 spiro atoms. The molecular formula is C11H15ClO3. The summed E-state index contributed by atoms with van der Waals surface area (Å²) >= 11 is 5.84. The van der Waals surface area contributed by atoms with Gasteiger partial charge in [-0.2, -0.15) is 0 Å². The molecule has 0 bridgehead atoms. The van der Waals surface area contributed by atoms with Crippen LogP contribution in [0.3, 0.4) is 0 Å². The lowest BCUT2D eigenvalue weighted by molar-refractivity contribution is 0.0407. The predicted octanol–water partition coefficient (Wildman–Crippen LogP) is 2.42. The maximum absolute atomic E-state index is 9.82. The Morgan fingerprint density at radius 2 is 2.20 bits per heavy atom. The summed E-state index contributed by atoms with van der Waals surface area (Å²) in [5.41, 5.74) is 0.651. The van der Waals surface area contributed by atoms with Gasteiger partial charge in [-0.15, -0.1) is 0 Å². The highest BCUT2D eigenvalue weighted by atomic mass is 35.5. The molecule has 84 valence electrons. The molecule has 1 N–H and O–H groups in total. The summed E-state index contributed by atoms with van der Waals surface area (Å²) in [6.07, 6.45) is -0.710. The predicted molar refractivity (Wildman–Crippen MR) is 59.5 cm³/mol. The molecule has 1 aromatic rings. The SMILES string of the molecule is CCOCC(O)c1cc(Cl)ccc1OC. The summed E-state index contributed by atoms with van der Waals surface area (Å²) < 4.78 is 10.3. The molecule has 0 aliphatic rings. The van der Waals surface area contributed by atoms with Crippen molar-refractivity contribution in [1.29, 1.82) is 0 Å². The van der Waals surface area contributed by atoms with E-state index in [1.165, 1.54) is 0 Å². The minimum Gasteiger partial charge on any atom is -0.496 e. The summed E-state index contributed by atoms with van der Waals surface area (Å²) in [5.74, 6) is 0.617. The van der Waals surface area contributed by atoms with Crippen molar-refractivity contribution >= 4 is 11.6 Å². The molecule has 0 amide bonds. The van der Waals surface area contributed by atoms with Crippen molar-refractivity contribution in [2.24, 2.45) is 0 Å². The van der Waals surface area contributed by atoms with E-state index < -0.39 is 6.10 Å². The van der Waals surface area contributed by atoms with Crippen molar-refractivity contribution in [1.82, 2.24) is 0 Å². The smallest absolute Gasteiger partial charge is 0.124 e. The van der Waals surface area contributed by atoms with E-state index in [2.05, 4.69) is 0 Å². The van der Waals surface area contributed by atoms with Crippen LogP contribution in [-0.4, -0.2) is 25.4 Å². The summed E-state index contributed by atoms with van der Waals surface area (Å²) in [4.78, 5) is 0. The second-order valence-corrected chi connectivity index (χ2v) is 3.50. The lowest BCUT2D eigenvalue weighted by Crippen LogP contribution is -2.08. The van der Waals surface area contributed by atoms with Gasteiger partial charge < -0.3 is 14.6 Å². The Morgan fingerprint density at radius 3 is 2.80 bits per heavy atom. The third kappa shape index (κ3) is 3.38. The first kappa shape index (κ1) is 12.3. The quantitative estimate of drug-likeness (QED) is 0.845. The van der Waals surface area contributed by atoms with Crippen LogP contribution in [0.2, 0.25) is 5.02 Å². The molecule has 1 atom stereocenters. The Bertz CT molecular complexity index is 315. The molecule has 1 unspecified atom stereocenters. The molecular weight excluding hydrogens is 216 g/mol. The van der Waals surface area contributed by atoms with Crippen molar-refractivity contribution in [2.75, 3.05) is 20.3 Å². The molecule has 0 aliphatic carbocycles. The first-order valence-electron chi connectivity index (χ1n) is 4.78. The van der Waals surface area contributed by atoms with Gasteiger partial charge in [-0.1, -0.05) is 11.6 Å². The molecule has 0 heterocycles. The first-order chi connectivity index (χ1) is 7.19. The molecule has 0 aliphatic heterocycles. The van der Waals surface area contributed by atoms with Gasteiger partial charge in [0, 0.05) is 17.2 Å². The van der Waals surface area contributed by atoms with Gasteiger partial charge in [0.1, 0.15) is 11.9 Å². The fourth-order valence-corrected chi connectivity index (χ4v) is 1.47. The minimum atomic E-state index is -0.710. The number of benzene rings is 1. The van der Waals surface area contributed by atoms with Crippen LogP contribution in [0.4, 0.5) is 0 Å². The van der Waals surface area contributed by atoms with E-state index >= 15 is 0 Å². The van der Waals surface area contributed by atoms with Crippen LogP contribution in [0, 0.1) is 0 Å². The van der Waals surface area contributed by atoms with Gasteiger partial charge in [0.25, 0.3) is 0 Å². The lowest BCUT2D eigenvalue weighted by atomic mass is 10.1. The van der Waals surface area contributed by atoms with Crippen LogP contribution in [-0.2, 0) is 4.74 Å². The van der Waals surface area contributed by atoms with Crippen LogP contribution in [0.25, 0.3) is 0 Å². The average molecular weight is 231 g/mol. The number of ether oxygens (including phenoxy) is 2. The summed E-state index contributed by atoms with van der Waals surface area (Å²) in [7, 11) is 1.56. The van der Waals surface area contributed by atoms with Gasteiger partial charge in [-0.05, 0) is 25.1 Å². The number of hydrogen-bond acceptors (Lipinski definition) is 3. The zero-order valence-corrected chi connectivity index (χ0v) is 9.62. The van der Waals surface area contributed by atoms with E-state index in [1.54, 1.807) is 25.3 Å². The maximum Gasteiger partial charge on any atom is 0.124 e. The molecule has 3 nitrogen and oxygen atoms in total. The molecule has 1 aromatic carbocycles. The highest BCUT2D eigenvalue weighted by Crippen LogP contribution is 2.28. The Hall–Kier alpha value is -0.770. The van der Waals surface area contributed by atoms with Gasteiger partial charge in [-0.25, -0.2) is 0 Å². The maximum atomic E-state index is 9.82. The highest BCUT2D eigenvalue weighted by molar-refractivity contribution is 6.30. The van der Waals surface area contributed by atoms with E-state index in [0.717, 1.165) is 0 Å².